The number of nitrogens with one attached hydrogen (secondary N) is 1. The molecule has 2 rings (SSSR count). The molecule has 0 amide bonds. The SMILES string of the molecule is Nc1nc2c(ncn2CCC(CO)CO)c(=O)[nH]1.[Na+]. The number of fused-ring (bicyclic) bond motifs is 1. The molecule has 0 saturated carbocycles. The zero-order chi connectivity index (χ0) is 13.1. The largest absolute Gasteiger partial charge is 1.00 e. The van der Waals surface area contributed by atoms with Gasteiger partial charge in [0.05, 0.1) is 6.33 Å². The number of aromatic nitrogens is 4. The van der Waals surface area contributed by atoms with Crippen LogP contribution in [0.4, 0.5) is 5.95 Å². The van der Waals surface area contributed by atoms with Crippen molar-refractivity contribution in [2.45, 2.75) is 13.0 Å². The second-order valence-corrected chi connectivity index (χ2v) is 4.08. The minimum atomic E-state index is -0.378. The molecule has 0 bridgehead atoms. The molecule has 0 unspecified atom stereocenters. The van der Waals surface area contributed by atoms with Crippen molar-refractivity contribution in [3.63, 3.8) is 0 Å². The molecule has 2 heterocycles. The summed E-state index contributed by atoms with van der Waals surface area (Å²) in [4.78, 5) is 21.9. The van der Waals surface area contributed by atoms with Gasteiger partial charge in [-0.2, -0.15) is 4.98 Å². The first-order valence-corrected chi connectivity index (χ1v) is 5.58. The summed E-state index contributed by atoms with van der Waals surface area (Å²) in [5, 5.41) is 18.0. The molecule has 0 radical (unpaired) electrons. The summed E-state index contributed by atoms with van der Waals surface area (Å²) in [6.07, 6.45) is 2.06. The molecule has 0 aliphatic heterocycles. The second-order valence-electron chi connectivity index (χ2n) is 4.08. The van der Waals surface area contributed by atoms with Crippen molar-refractivity contribution in [3.05, 3.63) is 16.7 Å². The maximum atomic E-state index is 11.5. The van der Waals surface area contributed by atoms with E-state index in [9.17, 15) is 4.79 Å². The molecule has 0 atom stereocenters. The fourth-order valence-electron chi connectivity index (χ4n) is 1.70. The van der Waals surface area contributed by atoms with Crippen molar-refractivity contribution in [2.75, 3.05) is 18.9 Å². The van der Waals surface area contributed by atoms with Gasteiger partial charge in [0.1, 0.15) is 0 Å². The Morgan fingerprint density at radius 2 is 2.11 bits per heavy atom. The van der Waals surface area contributed by atoms with E-state index < -0.39 is 0 Å². The maximum Gasteiger partial charge on any atom is 1.00 e. The summed E-state index contributed by atoms with van der Waals surface area (Å²) in [5.74, 6) is -0.156. The van der Waals surface area contributed by atoms with E-state index in [4.69, 9.17) is 15.9 Å². The van der Waals surface area contributed by atoms with Gasteiger partial charge in [0.2, 0.25) is 5.95 Å². The predicted molar refractivity (Wildman–Crippen MR) is 64.8 cm³/mol. The van der Waals surface area contributed by atoms with E-state index >= 15 is 0 Å². The standard InChI is InChI=1S/C10H15N5O3.Na/c11-10-13-8-7(9(18)14-10)12-5-15(8)2-1-6(3-16)4-17;/h5-6,16-17H,1-4H2,(H3,11,13,14,18);/q;+1. The first-order valence-electron chi connectivity index (χ1n) is 5.58. The Balaban J connectivity index is 0.00000180. The summed E-state index contributed by atoms with van der Waals surface area (Å²) >= 11 is 0. The van der Waals surface area contributed by atoms with E-state index in [0.29, 0.717) is 18.6 Å². The van der Waals surface area contributed by atoms with E-state index in [0.717, 1.165) is 0 Å². The Labute approximate surface area is 131 Å². The van der Waals surface area contributed by atoms with Crippen molar-refractivity contribution in [2.24, 2.45) is 5.92 Å². The average molecular weight is 276 g/mol. The first-order chi connectivity index (χ1) is 8.65. The number of aliphatic hydroxyl groups is 2. The van der Waals surface area contributed by atoms with Crippen LogP contribution in [0.3, 0.4) is 0 Å². The Bertz CT molecular complexity index is 592. The van der Waals surface area contributed by atoms with Crippen LogP contribution in [-0.2, 0) is 6.54 Å². The van der Waals surface area contributed by atoms with Crippen LogP contribution in [0.2, 0.25) is 0 Å². The van der Waals surface area contributed by atoms with Crippen LogP contribution < -0.4 is 40.9 Å². The number of imidazole rings is 1. The van der Waals surface area contributed by atoms with Gasteiger partial charge in [-0.3, -0.25) is 9.78 Å². The summed E-state index contributed by atoms with van der Waals surface area (Å²) in [7, 11) is 0. The molecule has 0 spiro atoms. The molecular weight excluding hydrogens is 261 g/mol. The Morgan fingerprint density at radius 1 is 1.42 bits per heavy atom. The number of aliphatic hydroxyl groups excluding tert-OH is 2. The van der Waals surface area contributed by atoms with Crippen LogP contribution >= 0.6 is 0 Å². The summed E-state index contributed by atoms with van der Waals surface area (Å²) < 4.78 is 1.68. The summed E-state index contributed by atoms with van der Waals surface area (Å²) in [6, 6.07) is 0. The number of anilines is 1. The normalized spacial score (nSPS) is 10.9. The molecule has 8 nitrogen and oxygen atoms in total. The quantitative estimate of drug-likeness (QED) is 0.409. The van der Waals surface area contributed by atoms with Crippen LogP contribution in [-0.4, -0.2) is 42.9 Å². The van der Waals surface area contributed by atoms with Gasteiger partial charge < -0.3 is 20.5 Å². The van der Waals surface area contributed by atoms with Gasteiger partial charge in [0.25, 0.3) is 5.56 Å². The van der Waals surface area contributed by atoms with Gasteiger partial charge in [-0.05, 0) is 6.42 Å². The van der Waals surface area contributed by atoms with Crippen LogP contribution in [0.25, 0.3) is 11.2 Å². The fourth-order valence-corrected chi connectivity index (χ4v) is 1.70. The number of nitrogen functional groups attached to an aromatic ring is 1. The number of nitrogens with zero attached hydrogens (tertiary/aromatic N) is 3. The van der Waals surface area contributed by atoms with Crippen LogP contribution in [0.1, 0.15) is 6.42 Å². The van der Waals surface area contributed by atoms with Gasteiger partial charge in [-0.1, -0.05) is 0 Å². The third-order valence-electron chi connectivity index (χ3n) is 2.79. The minimum Gasteiger partial charge on any atom is -0.396 e. The maximum absolute atomic E-state index is 11.5. The number of H-pyrrole nitrogens is 1. The molecule has 0 aromatic carbocycles. The van der Waals surface area contributed by atoms with E-state index in [-0.39, 0.29) is 65.7 Å². The molecule has 2 aromatic rings. The average Bonchev–Trinajstić information content (AvgIpc) is 2.74. The smallest absolute Gasteiger partial charge is 0.396 e. The topological polar surface area (TPSA) is 130 Å². The predicted octanol–water partition coefficient (Wildman–Crippen LogP) is -4.30. The Hall–Kier alpha value is -0.930. The van der Waals surface area contributed by atoms with Gasteiger partial charge in [0.15, 0.2) is 11.2 Å². The van der Waals surface area contributed by atoms with Crippen molar-refractivity contribution in [1.29, 1.82) is 0 Å². The van der Waals surface area contributed by atoms with Crippen molar-refractivity contribution in [1.82, 2.24) is 19.5 Å². The van der Waals surface area contributed by atoms with Gasteiger partial charge in [-0.15, -0.1) is 0 Å². The molecule has 19 heavy (non-hydrogen) atoms. The molecule has 5 N–H and O–H groups in total. The second kappa shape index (κ2) is 7.01. The molecule has 0 fully saturated rings. The Morgan fingerprint density at radius 3 is 2.74 bits per heavy atom. The molecule has 0 aliphatic rings. The zero-order valence-corrected chi connectivity index (χ0v) is 12.7. The van der Waals surface area contributed by atoms with Gasteiger partial charge in [-0.25, -0.2) is 4.98 Å². The summed E-state index contributed by atoms with van der Waals surface area (Å²) in [5.41, 5.74) is 5.73. The van der Waals surface area contributed by atoms with Crippen LogP contribution in [0.5, 0.6) is 0 Å². The third kappa shape index (κ3) is 3.54. The van der Waals surface area contributed by atoms with E-state index in [2.05, 4.69) is 15.0 Å². The van der Waals surface area contributed by atoms with Crippen LogP contribution in [0, 0.1) is 5.92 Å². The van der Waals surface area contributed by atoms with Gasteiger partial charge in [0, 0.05) is 25.7 Å². The Kier molecular flexibility index (Phi) is 5.95. The minimum absolute atomic E-state index is 0. The molecule has 98 valence electrons. The van der Waals surface area contributed by atoms with E-state index in [1.165, 1.54) is 6.33 Å². The van der Waals surface area contributed by atoms with Gasteiger partial charge >= 0.3 is 29.6 Å². The number of hydrogen-bond acceptors (Lipinski definition) is 6. The van der Waals surface area contributed by atoms with Crippen LogP contribution in [0.15, 0.2) is 11.1 Å². The molecule has 2 aromatic heterocycles. The van der Waals surface area contributed by atoms with E-state index in [1.807, 2.05) is 0 Å². The number of aryl methyl sites for hydroxylation is 1. The van der Waals surface area contributed by atoms with Crippen molar-refractivity contribution < 1.29 is 39.8 Å². The monoisotopic (exact) mass is 276 g/mol. The fraction of sp³-hybridized carbons (Fsp3) is 0.500. The molecule has 9 heteroatoms. The van der Waals surface area contributed by atoms with E-state index in [1.54, 1.807) is 4.57 Å². The van der Waals surface area contributed by atoms with Crippen molar-refractivity contribution in [3.8, 4) is 0 Å². The number of nitrogens with two attached hydrogens (primary N) is 1. The zero-order valence-electron chi connectivity index (χ0n) is 10.7. The number of aromatic amines is 1. The number of hydrogen-bond donors (Lipinski definition) is 4. The molecule has 0 saturated heterocycles. The number of rotatable bonds is 5. The van der Waals surface area contributed by atoms with Crippen molar-refractivity contribution >= 4 is 17.1 Å². The molecule has 0 aliphatic carbocycles. The molecular formula is C10H15N5NaO3+. The summed E-state index contributed by atoms with van der Waals surface area (Å²) in [6.45, 7) is 0.330. The third-order valence-corrected chi connectivity index (χ3v) is 2.79. The first kappa shape index (κ1) is 16.1.